The van der Waals surface area contributed by atoms with Crippen LogP contribution in [0.2, 0.25) is 0 Å². The van der Waals surface area contributed by atoms with Crippen LogP contribution < -0.4 is 0 Å². The molecule has 0 radical (unpaired) electrons. The fourth-order valence-electron chi connectivity index (χ4n) is 0. The zero-order chi connectivity index (χ0) is 2.71. The van der Waals surface area contributed by atoms with E-state index in [-0.39, 0.29) is 44.6 Å². The Labute approximate surface area is 70.6 Å². The summed E-state index contributed by atoms with van der Waals surface area (Å²) in [4.78, 5) is 0. The van der Waals surface area contributed by atoms with Gasteiger partial charge in [-0.2, -0.15) is 0 Å². The van der Waals surface area contributed by atoms with Crippen LogP contribution in [0, 0.1) is 44.6 Å². The zero-order valence-corrected chi connectivity index (χ0v) is 8.88. The summed E-state index contributed by atoms with van der Waals surface area (Å²) >= 11 is -2.00. The van der Waals surface area contributed by atoms with Gasteiger partial charge < -0.3 is 44.6 Å². The van der Waals surface area contributed by atoms with E-state index in [2.05, 4.69) is 0 Å². The number of rotatable bonds is 0. The molecule has 0 atom stereocenters. The molecule has 0 aliphatic heterocycles. The van der Waals surface area contributed by atoms with Gasteiger partial charge in [-0.05, 0) is 0 Å². The quantitative estimate of drug-likeness (QED) is 0.413. The van der Waals surface area contributed by atoms with Crippen molar-refractivity contribution in [2.75, 3.05) is 0 Å². The number of hydrogen-bond acceptors (Lipinski definition) is 2. The molecule has 0 saturated carbocycles. The average Bonchev–Trinajstić information content (AvgIpc) is 0.918. The van der Waals surface area contributed by atoms with Gasteiger partial charge in [0.1, 0.15) is 0 Å². The van der Waals surface area contributed by atoms with Crippen molar-refractivity contribution in [3.63, 3.8) is 0 Å². The minimum atomic E-state index is -2.00. The summed E-state index contributed by atoms with van der Waals surface area (Å²) in [6.07, 6.45) is 0. The molecular formula is C6H18O2Ti-6. The predicted octanol–water partition coefficient (Wildman–Crippen LogP) is 2.46. The van der Waals surface area contributed by atoms with Gasteiger partial charge in [0.25, 0.3) is 0 Å². The van der Waals surface area contributed by atoms with Gasteiger partial charge in [-0.3, -0.25) is 0 Å². The predicted molar refractivity (Wildman–Crippen MR) is 39.9 cm³/mol. The average molecular weight is 170 g/mol. The molecule has 9 heavy (non-hydrogen) atoms. The molecule has 0 bridgehead atoms. The molecule has 0 aliphatic carbocycles. The van der Waals surface area contributed by atoms with Crippen LogP contribution >= 0.6 is 0 Å². The molecule has 0 aromatic carbocycles. The molecule has 0 saturated heterocycles. The van der Waals surface area contributed by atoms with E-state index in [9.17, 15) is 0 Å². The van der Waals surface area contributed by atoms with Crippen LogP contribution in [-0.2, 0) is 25.7 Å². The van der Waals surface area contributed by atoms with Gasteiger partial charge in [-0.15, -0.1) is 0 Å². The molecule has 0 unspecified atom stereocenters. The Morgan fingerprint density at radius 3 is 0.556 bits per heavy atom. The second-order valence-electron chi connectivity index (χ2n) is 0.0833. The summed E-state index contributed by atoms with van der Waals surface area (Å²) < 4.78 is 17.0. The summed E-state index contributed by atoms with van der Waals surface area (Å²) in [6.45, 7) is 0. The molecule has 0 fully saturated rings. The van der Waals surface area contributed by atoms with Gasteiger partial charge >= 0.3 is 25.7 Å². The van der Waals surface area contributed by atoms with Crippen LogP contribution in [-0.4, -0.2) is 0 Å². The topological polar surface area (TPSA) is 34.1 Å². The van der Waals surface area contributed by atoms with Crippen molar-refractivity contribution in [2.24, 2.45) is 0 Å². The van der Waals surface area contributed by atoms with Crippen molar-refractivity contribution in [3.8, 4) is 0 Å². The van der Waals surface area contributed by atoms with E-state index in [1.807, 2.05) is 0 Å². The maximum absolute atomic E-state index is 8.50. The van der Waals surface area contributed by atoms with Gasteiger partial charge in [0.05, 0.1) is 0 Å². The Balaban J connectivity index is -0.00000000133. The van der Waals surface area contributed by atoms with E-state index >= 15 is 0 Å². The molecule has 0 aromatic heterocycles. The summed E-state index contributed by atoms with van der Waals surface area (Å²) in [5.74, 6) is 0. The van der Waals surface area contributed by atoms with Crippen LogP contribution in [0.25, 0.3) is 0 Å². The second-order valence-corrected chi connectivity index (χ2v) is 0.344. The van der Waals surface area contributed by atoms with Crippen LogP contribution in [0.5, 0.6) is 0 Å². The first kappa shape index (κ1) is 120. The molecule has 0 aliphatic rings. The molecule has 0 heterocycles. The van der Waals surface area contributed by atoms with Crippen molar-refractivity contribution >= 4 is 0 Å². The van der Waals surface area contributed by atoms with Gasteiger partial charge in [-0.25, -0.2) is 0 Å². The van der Waals surface area contributed by atoms with E-state index in [1.165, 1.54) is 0 Å². The van der Waals surface area contributed by atoms with Crippen molar-refractivity contribution in [1.82, 2.24) is 0 Å². The first-order chi connectivity index (χ1) is 1.41. The molecule has 0 N–H and O–H groups in total. The third-order valence-electron chi connectivity index (χ3n) is 0. The molecule has 0 aromatic rings. The van der Waals surface area contributed by atoms with E-state index in [4.69, 9.17) is 6.65 Å². The van der Waals surface area contributed by atoms with Crippen LogP contribution in [0.15, 0.2) is 0 Å². The Morgan fingerprint density at radius 2 is 0.556 bits per heavy atom. The van der Waals surface area contributed by atoms with Crippen molar-refractivity contribution in [1.29, 1.82) is 0 Å². The van der Waals surface area contributed by atoms with Gasteiger partial charge in [-0.1, -0.05) is 0 Å². The van der Waals surface area contributed by atoms with Crippen molar-refractivity contribution in [3.05, 3.63) is 44.6 Å². The van der Waals surface area contributed by atoms with Crippen LogP contribution in [0.1, 0.15) is 0 Å². The molecule has 0 amide bonds. The normalized spacial score (nSPS) is 0.889. The minimum absolute atomic E-state index is 0. The third kappa shape index (κ3) is 3360. The molecular weight excluding hydrogens is 152 g/mol. The van der Waals surface area contributed by atoms with Crippen LogP contribution in [0.3, 0.4) is 0 Å². The third-order valence-corrected chi connectivity index (χ3v) is 0. The SMILES string of the molecule is [CH3-].[CH3-].[CH3-].[CH3-].[CH3-].[CH3-].[O]=[Ti]=[O]. The molecule has 64 valence electrons. The van der Waals surface area contributed by atoms with Crippen molar-refractivity contribution < 1.29 is 25.7 Å². The first-order valence-electron chi connectivity index (χ1n) is 0.408. The zero-order valence-electron chi connectivity index (χ0n) is 7.32. The molecule has 0 rings (SSSR count). The number of hydrogen-bond donors (Lipinski definition) is 0. The fourth-order valence-corrected chi connectivity index (χ4v) is 0. The summed E-state index contributed by atoms with van der Waals surface area (Å²) in [7, 11) is 0. The Morgan fingerprint density at radius 1 is 0.556 bits per heavy atom. The standard InChI is InChI=1S/6CH3.2O.Ti/h6*1H3;;;/q6*-1;;;. The van der Waals surface area contributed by atoms with E-state index in [0.717, 1.165) is 0 Å². The maximum atomic E-state index is 8.50. The summed E-state index contributed by atoms with van der Waals surface area (Å²) in [6, 6.07) is 0. The monoisotopic (exact) mass is 170 g/mol. The van der Waals surface area contributed by atoms with Gasteiger partial charge in [0.15, 0.2) is 0 Å². The molecule has 2 nitrogen and oxygen atoms in total. The summed E-state index contributed by atoms with van der Waals surface area (Å²) in [5, 5.41) is 0. The van der Waals surface area contributed by atoms with E-state index < -0.39 is 19.1 Å². The fraction of sp³-hybridized carbons (Fsp3) is 0. The van der Waals surface area contributed by atoms with Crippen molar-refractivity contribution in [2.45, 2.75) is 0 Å². The molecule has 3 heteroatoms. The summed E-state index contributed by atoms with van der Waals surface area (Å²) in [5.41, 5.74) is 0. The van der Waals surface area contributed by atoms with Crippen LogP contribution in [0.4, 0.5) is 0 Å². The van der Waals surface area contributed by atoms with Gasteiger partial charge in [0.2, 0.25) is 0 Å². The Bertz CT molecular complexity index is 32.0. The first-order valence-corrected chi connectivity index (χ1v) is 1.68. The van der Waals surface area contributed by atoms with E-state index in [0.29, 0.717) is 0 Å². The second kappa shape index (κ2) is 258. The van der Waals surface area contributed by atoms with E-state index in [1.54, 1.807) is 0 Å². The Kier molecular flexibility index (Phi) is 3440. The van der Waals surface area contributed by atoms with Gasteiger partial charge in [0, 0.05) is 0 Å². The molecule has 0 spiro atoms. The Hall–Kier alpha value is 0.314.